The summed E-state index contributed by atoms with van der Waals surface area (Å²) < 4.78 is 1.78. The first-order valence-electron chi connectivity index (χ1n) is 16.9. The van der Waals surface area contributed by atoms with Crippen molar-refractivity contribution in [2.24, 2.45) is 7.05 Å². The van der Waals surface area contributed by atoms with Gasteiger partial charge in [0.05, 0.1) is 11.9 Å². The molecule has 2 N–H and O–H groups in total. The lowest BCUT2D eigenvalue weighted by Gasteiger charge is -2.37. The van der Waals surface area contributed by atoms with E-state index in [9.17, 15) is 24.0 Å². The highest BCUT2D eigenvalue weighted by Crippen LogP contribution is 2.34. The lowest BCUT2D eigenvalue weighted by molar-refractivity contribution is -0.136. The van der Waals surface area contributed by atoms with Crippen molar-refractivity contribution in [3.63, 3.8) is 0 Å². The highest BCUT2D eigenvalue weighted by molar-refractivity contribution is 9.10. The van der Waals surface area contributed by atoms with Crippen molar-refractivity contribution in [1.82, 2.24) is 29.8 Å². The van der Waals surface area contributed by atoms with Gasteiger partial charge in [-0.05, 0) is 95.4 Å². The van der Waals surface area contributed by atoms with Crippen molar-refractivity contribution in [1.29, 1.82) is 0 Å². The van der Waals surface area contributed by atoms with E-state index in [4.69, 9.17) is 0 Å². The Kier molecular flexibility index (Phi) is 9.14. The Morgan fingerprint density at radius 2 is 1.67 bits per heavy atom. The van der Waals surface area contributed by atoms with Crippen LogP contribution in [0.1, 0.15) is 81.3 Å². The average Bonchev–Trinajstić information content (AvgIpc) is 3.43. The molecule has 3 aromatic rings. The van der Waals surface area contributed by atoms with Crippen molar-refractivity contribution >= 4 is 45.2 Å². The van der Waals surface area contributed by atoms with Gasteiger partial charge in [-0.3, -0.25) is 29.3 Å². The van der Waals surface area contributed by atoms with E-state index in [1.807, 2.05) is 29.2 Å². The second kappa shape index (κ2) is 13.5. The smallest absolute Gasteiger partial charge is 0.282 e. The lowest BCUT2D eigenvalue weighted by Crippen LogP contribution is -2.52. The first kappa shape index (κ1) is 33.2. The number of likely N-dealkylation sites (tertiary alicyclic amines) is 2. The summed E-state index contributed by atoms with van der Waals surface area (Å²) in [4.78, 5) is 68.7. The van der Waals surface area contributed by atoms with Crippen LogP contribution in [0.2, 0.25) is 0 Å². The van der Waals surface area contributed by atoms with Gasteiger partial charge in [-0.15, -0.1) is 0 Å². The fraction of sp³-hybridized carbons (Fsp3) is 0.444. The van der Waals surface area contributed by atoms with Crippen molar-refractivity contribution in [3.05, 3.63) is 91.3 Å². The summed E-state index contributed by atoms with van der Waals surface area (Å²) in [7, 11) is 3.72. The minimum Gasteiger partial charge on any atom is -0.379 e. The molecule has 13 heteroatoms. The number of imide groups is 1. The molecule has 4 aliphatic rings. The summed E-state index contributed by atoms with van der Waals surface area (Å²) >= 11 is 3.42. The number of hydrogen-bond donors (Lipinski definition) is 2. The maximum Gasteiger partial charge on any atom is 0.282 e. The SMILES string of the molecule is CN1C[C@H](Nc2cnn(C)c(=O)c2Br)C[C@H](c2ccc(C(=O)N3CCC(c4ccc5c(c4)CN(C4CCC(=O)NC4=O)C5=O)CC3)cc2)C1. The van der Waals surface area contributed by atoms with Crippen molar-refractivity contribution in [2.45, 2.75) is 62.6 Å². The summed E-state index contributed by atoms with van der Waals surface area (Å²) in [5.74, 6) is -0.285. The van der Waals surface area contributed by atoms with Crippen LogP contribution in [-0.4, -0.2) is 93.4 Å². The van der Waals surface area contributed by atoms with Crippen LogP contribution in [0.4, 0.5) is 5.69 Å². The van der Waals surface area contributed by atoms with E-state index in [1.165, 1.54) is 10.2 Å². The minimum absolute atomic E-state index is 0.0349. The van der Waals surface area contributed by atoms with Crippen LogP contribution in [0.15, 0.2) is 57.9 Å². The first-order chi connectivity index (χ1) is 23.5. The molecular weight excluding hydrogens is 690 g/mol. The third-order valence-corrected chi connectivity index (χ3v) is 11.3. The maximum atomic E-state index is 13.5. The van der Waals surface area contributed by atoms with Crippen LogP contribution in [0.5, 0.6) is 0 Å². The number of halogens is 1. The van der Waals surface area contributed by atoms with Gasteiger partial charge in [0.15, 0.2) is 0 Å². The molecule has 256 valence electrons. The number of rotatable bonds is 6. The van der Waals surface area contributed by atoms with Crippen molar-refractivity contribution in [3.8, 4) is 0 Å². The monoisotopic (exact) mass is 729 g/mol. The molecule has 3 saturated heterocycles. The molecule has 3 fully saturated rings. The predicted molar refractivity (Wildman–Crippen MR) is 186 cm³/mol. The zero-order chi connectivity index (χ0) is 34.4. The summed E-state index contributed by atoms with van der Waals surface area (Å²) in [6.45, 7) is 3.41. The summed E-state index contributed by atoms with van der Waals surface area (Å²) in [6.07, 6.45) is 4.79. The van der Waals surface area contributed by atoms with Gasteiger partial charge in [0.25, 0.3) is 17.4 Å². The quantitative estimate of drug-likeness (QED) is 0.370. The van der Waals surface area contributed by atoms with Gasteiger partial charge in [-0.25, -0.2) is 4.68 Å². The Balaban J connectivity index is 0.946. The standard InChI is InChI=1S/C36H40BrN7O5/c1-41-18-25(16-27(20-41)39-29-17-38-42(2)36(49)32(29)37)21-3-5-23(6-4-21)34(47)43-13-11-22(12-14-43)24-7-8-28-26(15-24)19-44(35(28)48)30-9-10-31(45)40-33(30)46/h3-8,15,17,22,25,27,30,39H,9-14,16,18-20H2,1-2H3,(H,40,45,46)/t25-,27+,30?/m0/s1. The van der Waals surface area contributed by atoms with Gasteiger partial charge >= 0.3 is 0 Å². The molecular formula is C36H40BrN7O5. The maximum absolute atomic E-state index is 13.5. The molecule has 1 unspecified atom stereocenters. The molecule has 12 nitrogen and oxygen atoms in total. The number of likely N-dealkylation sites (N-methyl/N-ethyl adjacent to an activating group) is 1. The van der Waals surface area contributed by atoms with Crippen LogP contribution in [0.3, 0.4) is 0 Å². The normalized spacial score (nSPS) is 23.4. The first-order valence-corrected chi connectivity index (χ1v) is 17.7. The van der Waals surface area contributed by atoms with E-state index in [0.29, 0.717) is 47.3 Å². The van der Waals surface area contributed by atoms with E-state index < -0.39 is 11.9 Å². The van der Waals surface area contributed by atoms with Crippen LogP contribution in [-0.2, 0) is 23.2 Å². The number of hydrogen-bond acceptors (Lipinski definition) is 8. The van der Waals surface area contributed by atoms with E-state index in [2.05, 4.69) is 61.8 Å². The fourth-order valence-electron chi connectivity index (χ4n) is 7.84. The number of nitrogens with one attached hydrogen (secondary N) is 2. The van der Waals surface area contributed by atoms with E-state index in [0.717, 1.165) is 43.5 Å². The molecule has 0 radical (unpaired) electrons. The Morgan fingerprint density at radius 1 is 0.939 bits per heavy atom. The number of amides is 4. The molecule has 3 atom stereocenters. The molecule has 2 aromatic carbocycles. The molecule has 0 aliphatic carbocycles. The number of piperidine rings is 3. The van der Waals surface area contributed by atoms with Gasteiger partial charge in [0, 0.05) is 63.4 Å². The van der Waals surface area contributed by atoms with Crippen LogP contribution in [0.25, 0.3) is 0 Å². The predicted octanol–water partition coefficient (Wildman–Crippen LogP) is 3.22. The third kappa shape index (κ3) is 6.65. The zero-order valence-corrected chi connectivity index (χ0v) is 29.2. The number of anilines is 1. The van der Waals surface area contributed by atoms with Gasteiger partial charge in [0.1, 0.15) is 10.5 Å². The molecule has 0 spiro atoms. The number of aromatic nitrogens is 2. The number of carbonyl (C=O) groups is 4. The van der Waals surface area contributed by atoms with Crippen LogP contribution >= 0.6 is 15.9 Å². The second-order valence-electron chi connectivity index (χ2n) is 13.8. The average molecular weight is 731 g/mol. The summed E-state index contributed by atoms with van der Waals surface area (Å²) in [5.41, 5.74) is 5.04. The molecule has 7 rings (SSSR count). The largest absolute Gasteiger partial charge is 0.379 e. The van der Waals surface area contributed by atoms with Crippen molar-refractivity contribution in [2.75, 3.05) is 38.5 Å². The van der Waals surface area contributed by atoms with Gasteiger partial charge in [-0.1, -0.05) is 24.3 Å². The van der Waals surface area contributed by atoms with E-state index >= 15 is 0 Å². The molecule has 5 heterocycles. The van der Waals surface area contributed by atoms with Crippen LogP contribution < -0.4 is 16.2 Å². The van der Waals surface area contributed by atoms with Crippen LogP contribution in [0, 0.1) is 0 Å². The summed E-state index contributed by atoms with van der Waals surface area (Å²) in [5, 5.41) is 10.0. The Morgan fingerprint density at radius 3 is 2.41 bits per heavy atom. The molecule has 0 saturated carbocycles. The minimum atomic E-state index is -0.625. The number of nitrogens with zero attached hydrogens (tertiary/aromatic N) is 5. The molecule has 4 aliphatic heterocycles. The number of aryl methyl sites for hydroxylation is 1. The lowest BCUT2D eigenvalue weighted by atomic mass is 9.87. The summed E-state index contributed by atoms with van der Waals surface area (Å²) in [6, 6.07) is 13.5. The molecule has 49 heavy (non-hydrogen) atoms. The Bertz CT molecular complexity index is 1870. The Hall–Kier alpha value is -4.36. The van der Waals surface area contributed by atoms with Gasteiger partial charge in [-0.2, -0.15) is 5.10 Å². The highest BCUT2D eigenvalue weighted by atomic mass is 79.9. The van der Waals surface area contributed by atoms with Gasteiger partial charge in [0.2, 0.25) is 11.8 Å². The zero-order valence-electron chi connectivity index (χ0n) is 27.7. The molecule has 4 amide bonds. The third-order valence-electron chi connectivity index (χ3n) is 10.5. The highest BCUT2D eigenvalue weighted by Gasteiger charge is 2.39. The number of fused-ring (bicyclic) bond motifs is 1. The van der Waals surface area contributed by atoms with Gasteiger partial charge < -0.3 is 20.0 Å². The molecule has 0 bridgehead atoms. The van der Waals surface area contributed by atoms with Crippen molar-refractivity contribution < 1.29 is 19.2 Å². The molecule has 1 aromatic heterocycles. The van der Waals surface area contributed by atoms with E-state index in [-0.39, 0.29) is 47.6 Å². The topological polar surface area (TPSA) is 137 Å². The second-order valence-corrected chi connectivity index (χ2v) is 14.6. The number of carbonyl (C=O) groups excluding carboxylic acids is 4. The fourth-order valence-corrected chi connectivity index (χ4v) is 8.31. The number of benzene rings is 2. The van der Waals surface area contributed by atoms with E-state index in [1.54, 1.807) is 18.1 Å². The Labute approximate surface area is 292 Å².